The molecular formula is C16H26N2. The molecule has 0 aromatic heterocycles. The number of hydrogen-bond acceptors (Lipinski definition) is 2. The summed E-state index contributed by atoms with van der Waals surface area (Å²) < 4.78 is 0. The quantitative estimate of drug-likeness (QED) is 0.836. The zero-order chi connectivity index (χ0) is 13.0. The van der Waals surface area contributed by atoms with E-state index in [1.54, 1.807) is 11.1 Å². The predicted octanol–water partition coefficient (Wildman–Crippen LogP) is 3.35. The van der Waals surface area contributed by atoms with Crippen LogP contribution in [0.5, 0.6) is 0 Å². The SMILES string of the molecule is CC(C)(CCN)CNc1ccc2c(c1)CCCC2. The Kier molecular flexibility index (Phi) is 4.28. The predicted molar refractivity (Wildman–Crippen MR) is 79.0 cm³/mol. The van der Waals surface area contributed by atoms with Crippen LogP contribution in [0.15, 0.2) is 18.2 Å². The summed E-state index contributed by atoms with van der Waals surface area (Å²) in [5.41, 5.74) is 10.3. The first-order chi connectivity index (χ1) is 8.61. The third-order valence-corrected chi connectivity index (χ3v) is 3.94. The highest BCUT2D eigenvalue weighted by molar-refractivity contribution is 5.49. The van der Waals surface area contributed by atoms with Crippen LogP contribution in [0.3, 0.4) is 0 Å². The molecule has 100 valence electrons. The van der Waals surface area contributed by atoms with Gasteiger partial charge in [-0.3, -0.25) is 0 Å². The summed E-state index contributed by atoms with van der Waals surface area (Å²) in [7, 11) is 0. The van der Waals surface area contributed by atoms with E-state index in [9.17, 15) is 0 Å². The lowest BCUT2D eigenvalue weighted by atomic mass is 9.88. The van der Waals surface area contributed by atoms with Crippen molar-refractivity contribution in [1.82, 2.24) is 0 Å². The maximum Gasteiger partial charge on any atom is 0.0343 e. The van der Waals surface area contributed by atoms with Crippen LogP contribution >= 0.6 is 0 Å². The van der Waals surface area contributed by atoms with Crippen LogP contribution in [-0.2, 0) is 12.8 Å². The summed E-state index contributed by atoms with van der Waals surface area (Å²) in [5.74, 6) is 0. The van der Waals surface area contributed by atoms with Crippen LogP contribution in [0.2, 0.25) is 0 Å². The Hall–Kier alpha value is -1.02. The van der Waals surface area contributed by atoms with Gasteiger partial charge in [-0.2, -0.15) is 0 Å². The molecule has 0 fully saturated rings. The number of benzene rings is 1. The van der Waals surface area contributed by atoms with E-state index in [0.717, 1.165) is 19.5 Å². The molecule has 0 saturated heterocycles. The van der Waals surface area contributed by atoms with E-state index in [4.69, 9.17) is 5.73 Å². The van der Waals surface area contributed by atoms with Gasteiger partial charge in [0.1, 0.15) is 0 Å². The summed E-state index contributed by atoms with van der Waals surface area (Å²) in [4.78, 5) is 0. The second kappa shape index (κ2) is 5.75. The van der Waals surface area contributed by atoms with E-state index in [1.165, 1.54) is 31.4 Å². The number of rotatable bonds is 5. The van der Waals surface area contributed by atoms with Gasteiger partial charge < -0.3 is 11.1 Å². The lowest BCUT2D eigenvalue weighted by Gasteiger charge is -2.25. The first-order valence-electron chi connectivity index (χ1n) is 7.16. The Morgan fingerprint density at radius 3 is 2.61 bits per heavy atom. The molecule has 1 aromatic rings. The maximum atomic E-state index is 5.65. The maximum absolute atomic E-state index is 5.65. The molecule has 1 aromatic carbocycles. The van der Waals surface area contributed by atoms with E-state index in [2.05, 4.69) is 37.4 Å². The average Bonchev–Trinajstić information content (AvgIpc) is 2.36. The van der Waals surface area contributed by atoms with Crippen molar-refractivity contribution >= 4 is 5.69 Å². The van der Waals surface area contributed by atoms with Gasteiger partial charge in [0, 0.05) is 12.2 Å². The Labute approximate surface area is 111 Å². The van der Waals surface area contributed by atoms with E-state index in [1.807, 2.05) is 0 Å². The molecule has 0 amide bonds. The van der Waals surface area contributed by atoms with E-state index in [-0.39, 0.29) is 5.41 Å². The summed E-state index contributed by atoms with van der Waals surface area (Å²) in [6, 6.07) is 6.86. The fraction of sp³-hybridized carbons (Fsp3) is 0.625. The molecule has 0 spiro atoms. The lowest BCUT2D eigenvalue weighted by molar-refractivity contribution is 0.365. The summed E-state index contributed by atoms with van der Waals surface area (Å²) in [6.07, 6.45) is 6.26. The van der Waals surface area contributed by atoms with E-state index >= 15 is 0 Å². The van der Waals surface area contributed by atoms with Gasteiger partial charge in [-0.25, -0.2) is 0 Å². The standard InChI is InChI=1S/C16H26N2/c1-16(2,9-10-17)12-18-15-8-7-13-5-3-4-6-14(13)11-15/h7-8,11,18H,3-6,9-10,12,17H2,1-2H3. The van der Waals surface area contributed by atoms with Crippen molar-refractivity contribution in [2.24, 2.45) is 11.1 Å². The van der Waals surface area contributed by atoms with Gasteiger partial charge >= 0.3 is 0 Å². The molecule has 0 unspecified atom stereocenters. The van der Waals surface area contributed by atoms with Crippen LogP contribution in [-0.4, -0.2) is 13.1 Å². The first-order valence-corrected chi connectivity index (χ1v) is 7.16. The van der Waals surface area contributed by atoms with E-state index < -0.39 is 0 Å². The average molecular weight is 246 g/mol. The Morgan fingerprint density at radius 1 is 1.17 bits per heavy atom. The second-order valence-corrected chi connectivity index (χ2v) is 6.25. The Balaban J connectivity index is 1.98. The minimum atomic E-state index is 0.269. The number of anilines is 1. The van der Waals surface area contributed by atoms with Crippen molar-refractivity contribution in [3.8, 4) is 0 Å². The highest BCUT2D eigenvalue weighted by atomic mass is 14.9. The largest absolute Gasteiger partial charge is 0.385 e. The van der Waals surface area contributed by atoms with E-state index in [0.29, 0.717) is 0 Å². The summed E-state index contributed by atoms with van der Waals surface area (Å²) in [5, 5.41) is 3.56. The van der Waals surface area contributed by atoms with Crippen LogP contribution in [0.4, 0.5) is 5.69 Å². The number of aryl methyl sites for hydroxylation is 2. The zero-order valence-corrected chi connectivity index (χ0v) is 11.8. The Bertz CT molecular complexity index is 396. The van der Waals surface area contributed by atoms with Gasteiger partial charge in [-0.15, -0.1) is 0 Å². The second-order valence-electron chi connectivity index (χ2n) is 6.25. The van der Waals surface area contributed by atoms with Gasteiger partial charge in [0.2, 0.25) is 0 Å². The molecule has 0 aliphatic heterocycles. The zero-order valence-electron chi connectivity index (χ0n) is 11.8. The van der Waals surface area contributed by atoms with Gasteiger partial charge in [-0.1, -0.05) is 19.9 Å². The third-order valence-electron chi connectivity index (χ3n) is 3.94. The topological polar surface area (TPSA) is 38.0 Å². The van der Waals surface area contributed by atoms with Crippen molar-refractivity contribution in [2.45, 2.75) is 46.0 Å². The fourth-order valence-corrected chi connectivity index (χ4v) is 2.66. The molecule has 2 nitrogen and oxygen atoms in total. The van der Waals surface area contributed by atoms with Crippen molar-refractivity contribution in [1.29, 1.82) is 0 Å². The lowest BCUT2D eigenvalue weighted by Crippen LogP contribution is -2.26. The molecule has 0 saturated carbocycles. The van der Waals surface area contributed by atoms with Crippen molar-refractivity contribution in [3.63, 3.8) is 0 Å². The van der Waals surface area contributed by atoms with Crippen LogP contribution in [0, 0.1) is 5.41 Å². The van der Waals surface area contributed by atoms with Crippen LogP contribution < -0.4 is 11.1 Å². The summed E-state index contributed by atoms with van der Waals surface area (Å²) >= 11 is 0. The molecule has 0 atom stereocenters. The highest BCUT2D eigenvalue weighted by Crippen LogP contribution is 2.25. The molecule has 0 radical (unpaired) electrons. The molecule has 1 aliphatic carbocycles. The number of nitrogens with one attached hydrogen (secondary N) is 1. The van der Waals surface area contributed by atoms with Crippen LogP contribution in [0.1, 0.15) is 44.2 Å². The Morgan fingerprint density at radius 2 is 1.89 bits per heavy atom. The van der Waals surface area contributed by atoms with Crippen molar-refractivity contribution in [3.05, 3.63) is 29.3 Å². The van der Waals surface area contributed by atoms with Gasteiger partial charge in [0.05, 0.1) is 0 Å². The van der Waals surface area contributed by atoms with Crippen molar-refractivity contribution in [2.75, 3.05) is 18.4 Å². The minimum Gasteiger partial charge on any atom is -0.385 e. The molecule has 1 aliphatic rings. The normalized spacial score (nSPS) is 15.3. The van der Waals surface area contributed by atoms with Crippen LogP contribution in [0.25, 0.3) is 0 Å². The molecule has 2 rings (SSSR count). The molecule has 3 N–H and O–H groups in total. The molecule has 18 heavy (non-hydrogen) atoms. The smallest absolute Gasteiger partial charge is 0.0343 e. The molecule has 0 heterocycles. The molecule has 2 heteroatoms. The minimum absolute atomic E-state index is 0.269. The monoisotopic (exact) mass is 246 g/mol. The van der Waals surface area contributed by atoms with Gasteiger partial charge in [0.15, 0.2) is 0 Å². The molecule has 0 bridgehead atoms. The first kappa shape index (κ1) is 13.4. The number of fused-ring (bicyclic) bond motifs is 1. The number of hydrogen-bond donors (Lipinski definition) is 2. The van der Waals surface area contributed by atoms with Gasteiger partial charge in [0.25, 0.3) is 0 Å². The number of nitrogens with two attached hydrogens (primary N) is 1. The summed E-state index contributed by atoms with van der Waals surface area (Å²) in [6.45, 7) is 6.29. The fourth-order valence-electron chi connectivity index (χ4n) is 2.66. The molecular weight excluding hydrogens is 220 g/mol. The third kappa shape index (κ3) is 3.49. The van der Waals surface area contributed by atoms with Gasteiger partial charge in [-0.05, 0) is 67.3 Å². The highest BCUT2D eigenvalue weighted by Gasteiger charge is 2.16. The van der Waals surface area contributed by atoms with Crippen molar-refractivity contribution < 1.29 is 0 Å².